The number of aliphatic carboxylic acids is 3. The van der Waals surface area contributed by atoms with Crippen LogP contribution in [0.5, 0.6) is 0 Å². The van der Waals surface area contributed by atoms with Gasteiger partial charge in [-0.1, -0.05) is 21.6 Å². The van der Waals surface area contributed by atoms with Gasteiger partial charge in [-0.25, -0.2) is 0 Å². The molecule has 0 spiro atoms. The third-order valence-corrected chi connectivity index (χ3v) is 7.84. The van der Waals surface area contributed by atoms with Crippen LogP contribution in [-0.2, 0) is 38.4 Å². The summed E-state index contributed by atoms with van der Waals surface area (Å²) in [6, 6.07) is -3.53. The average Bonchev–Trinajstić information content (AvgIpc) is 2.87. The molecule has 40 heavy (non-hydrogen) atoms. The van der Waals surface area contributed by atoms with E-state index in [-0.39, 0.29) is 62.2 Å². The largest absolute Gasteiger partial charge is 0.480 e. The number of nitrogens with two attached hydrogens (primary N) is 2. The van der Waals surface area contributed by atoms with E-state index in [0.717, 1.165) is 21.6 Å². The lowest BCUT2D eigenvalue weighted by atomic mass is 9.99. The van der Waals surface area contributed by atoms with Gasteiger partial charge in [-0.2, -0.15) is 0 Å². The van der Waals surface area contributed by atoms with Gasteiger partial charge in [0.25, 0.3) is 0 Å². The smallest absolute Gasteiger partial charge is 0.322 e. The topological polar surface area (TPSA) is 273 Å². The Bertz CT molecular complexity index is 874. The van der Waals surface area contributed by atoms with Crippen LogP contribution in [0.15, 0.2) is 0 Å². The van der Waals surface area contributed by atoms with Crippen molar-refractivity contribution in [3.05, 3.63) is 0 Å². The third-order valence-electron chi connectivity index (χ3n) is 5.34. The van der Waals surface area contributed by atoms with Crippen molar-refractivity contribution in [1.29, 1.82) is 0 Å². The Kier molecular flexibility index (Phi) is 18.4. The number of amides is 2. The van der Waals surface area contributed by atoms with Gasteiger partial charge in [0.1, 0.15) is 30.2 Å². The van der Waals surface area contributed by atoms with Crippen molar-refractivity contribution in [3.63, 3.8) is 0 Å². The van der Waals surface area contributed by atoms with Crippen LogP contribution in [0.3, 0.4) is 0 Å². The number of rotatable bonds is 23. The standard InChI is InChI=1S/C23H36N4O11S2/c1-12(28)2-6-18(30)17(27-19(31)7-5-16(25)23(37)38)11-40-39-10-13(21(34)26-9-20(32)33)8-14(29)3-4-15(24)22(35)36/h13,15-17H,2-11,24-25H2,1H3,(H,26,34)(H,27,31)(H,32,33)(H,35,36)(H,37,38). The van der Waals surface area contributed by atoms with E-state index >= 15 is 0 Å². The van der Waals surface area contributed by atoms with Crippen molar-refractivity contribution in [2.45, 2.75) is 70.0 Å². The van der Waals surface area contributed by atoms with Crippen molar-refractivity contribution >= 4 is 68.7 Å². The van der Waals surface area contributed by atoms with Gasteiger partial charge in [-0.15, -0.1) is 0 Å². The number of ketones is 3. The fourth-order valence-corrected chi connectivity index (χ4v) is 5.47. The average molecular weight is 609 g/mol. The molecule has 0 aliphatic carbocycles. The van der Waals surface area contributed by atoms with Crippen LogP contribution in [0.4, 0.5) is 0 Å². The van der Waals surface area contributed by atoms with E-state index < -0.39 is 71.9 Å². The van der Waals surface area contributed by atoms with Crippen LogP contribution in [0.1, 0.15) is 51.9 Å². The van der Waals surface area contributed by atoms with Gasteiger partial charge < -0.3 is 42.2 Å². The van der Waals surface area contributed by atoms with Crippen LogP contribution in [0.25, 0.3) is 0 Å². The second-order valence-corrected chi connectivity index (χ2v) is 11.4. The highest BCUT2D eigenvalue weighted by Crippen LogP contribution is 2.27. The number of carboxylic acid groups (broad SMARTS) is 3. The van der Waals surface area contributed by atoms with Crippen molar-refractivity contribution in [3.8, 4) is 0 Å². The second-order valence-electron chi connectivity index (χ2n) is 8.88. The minimum absolute atomic E-state index is 0.0165. The molecule has 0 aromatic rings. The summed E-state index contributed by atoms with van der Waals surface area (Å²) in [5, 5.41) is 31.2. The number of carboxylic acids is 3. The Morgan fingerprint density at radius 3 is 1.85 bits per heavy atom. The predicted octanol–water partition coefficient (Wildman–Crippen LogP) is -1.05. The van der Waals surface area contributed by atoms with Crippen molar-refractivity contribution in [2.24, 2.45) is 17.4 Å². The summed E-state index contributed by atoms with van der Waals surface area (Å²) in [6.45, 7) is 0.639. The Hall–Kier alpha value is -3.02. The van der Waals surface area contributed by atoms with Gasteiger partial charge >= 0.3 is 17.9 Å². The highest BCUT2D eigenvalue weighted by molar-refractivity contribution is 8.76. The van der Waals surface area contributed by atoms with Crippen LogP contribution in [0, 0.1) is 5.92 Å². The van der Waals surface area contributed by atoms with E-state index in [4.69, 9.17) is 26.8 Å². The highest BCUT2D eigenvalue weighted by atomic mass is 33.1. The molecule has 2 amide bonds. The van der Waals surface area contributed by atoms with Crippen LogP contribution < -0.4 is 22.1 Å². The molecule has 0 saturated heterocycles. The Balaban J connectivity index is 5.18. The summed E-state index contributed by atoms with van der Waals surface area (Å²) >= 11 is 0. The van der Waals surface area contributed by atoms with E-state index in [2.05, 4.69) is 10.6 Å². The number of hydrogen-bond donors (Lipinski definition) is 7. The fourth-order valence-electron chi connectivity index (χ4n) is 2.96. The zero-order chi connectivity index (χ0) is 30.8. The predicted molar refractivity (Wildman–Crippen MR) is 145 cm³/mol. The van der Waals surface area contributed by atoms with Gasteiger partial charge in [0.2, 0.25) is 11.8 Å². The number of nitrogens with one attached hydrogen (secondary N) is 2. The molecule has 0 rings (SSSR count). The molecule has 9 N–H and O–H groups in total. The maximum Gasteiger partial charge on any atom is 0.322 e. The van der Waals surface area contributed by atoms with Crippen molar-refractivity contribution < 1.29 is 53.7 Å². The van der Waals surface area contributed by atoms with E-state index in [9.17, 15) is 38.4 Å². The molecule has 0 aliphatic heterocycles. The monoisotopic (exact) mass is 608 g/mol. The van der Waals surface area contributed by atoms with Gasteiger partial charge in [0, 0.05) is 43.6 Å². The first kappa shape index (κ1) is 37.0. The maximum absolute atomic E-state index is 12.6. The molecule has 17 heteroatoms. The SMILES string of the molecule is CC(=O)CCC(=O)C(CSSCC(CC(=O)CCC(N)C(=O)O)C(=O)NCC(=O)O)NC(=O)CCC(N)C(=O)O. The molecular weight excluding hydrogens is 572 g/mol. The van der Waals surface area contributed by atoms with Crippen LogP contribution in [0.2, 0.25) is 0 Å². The van der Waals surface area contributed by atoms with Crippen LogP contribution >= 0.6 is 21.6 Å². The van der Waals surface area contributed by atoms with Gasteiger partial charge in [-0.3, -0.25) is 33.6 Å². The lowest BCUT2D eigenvalue weighted by molar-refractivity contribution is -0.140. The molecule has 4 unspecified atom stereocenters. The molecule has 226 valence electrons. The van der Waals surface area contributed by atoms with Gasteiger partial charge in [-0.05, 0) is 19.8 Å². The summed E-state index contributed by atoms with van der Waals surface area (Å²) in [5.41, 5.74) is 10.8. The summed E-state index contributed by atoms with van der Waals surface area (Å²) in [6.07, 6.45) is -1.21. The van der Waals surface area contributed by atoms with Crippen LogP contribution in [-0.4, -0.2) is 98.6 Å². The quantitative estimate of drug-likeness (QED) is 0.0538. The number of Topliss-reactive ketones (excluding diaryl/α,β-unsaturated/α-hetero) is 3. The van der Waals surface area contributed by atoms with Crippen molar-refractivity contribution in [2.75, 3.05) is 18.1 Å². The minimum Gasteiger partial charge on any atom is -0.480 e. The first-order valence-electron chi connectivity index (χ1n) is 12.2. The molecule has 0 aromatic heterocycles. The van der Waals surface area contributed by atoms with E-state index in [1.165, 1.54) is 6.92 Å². The molecule has 0 saturated carbocycles. The summed E-state index contributed by atoms with van der Waals surface area (Å²) < 4.78 is 0. The molecule has 0 aliphatic rings. The maximum atomic E-state index is 12.6. The zero-order valence-corrected chi connectivity index (χ0v) is 23.6. The van der Waals surface area contributed by atoms with Crippen molar-refractivity contribution in [1.82, 2.24) is 10.6 Å². The Morgan fingerprint density at radius 1 is 0.775 bits per heavy atom. The van der Waals surface area contributed by atoms with E-state index in [0.29, 0.717) is 0 Å². The normalized spacial score (nSPS) is 13.8. The third kappa shape index (κ3) is 17.5. The molecule has 15 nitrogen and oxygen atoms in total. The summed E-state index contributed by atoms with van der Waals surface area (Å²) in [4.78, 5) is 93.5. The van der Waals surface area contributed by atoms with Gasteiger partial charge in [0.05, 0.1) is 12.0 Å². The lowest BCUT2D eigenvalue weighted by Gasteiger charge is -2.19. The summed E-state index contributed by atoms with van der Waals surface area (Å²) in [5.74, 6) is -7.20. The molecular formula is C23H36N4O11S2. The first-order chi connectivity index (χ1) is 18.6. The molecule has 0 radical (unpaired) electrons. The first-order valence-corrected chi connectivity index (χ1v) is 14.7. The van der Waals surface area contributed by atoms with Gasteiger partial charge in [0.15, 0.2) is 5.78 Å². The number of carbonyl (C=O) groups is 8. The van der Waals surface area contributed by atoms with E-state index in [1.54, 1.807) is 0 Å². The minimum atomic E-state index is -1.29. The van der Waals surface area contributed by atoms with E-state index in [1.807, 2.05) is 0 Å². The highest BCUT2D eigenvalue weighted by Gasteiger charge is 2.26. The molecule has 0 fully saturated rings. The molecule has 0 heterocycles. The molecule has 0 aromatic carbocycles. The summed E-state index contributed by atoms with van der Waals surface area (Å²) in [7, 11) is 2.17. The lowest BCUT2D eigenvalue weighted by Crippen LogP contribution is -2.43. The Morgan fingerprint density at radius 2 is 1.32 bits per heavy atom. The number of carbonyl (C=O) groups excluding carboxylic acids is 5. The molecule has 4 atom stereocenters. The zero-order valence-electron chi connectivity index (χ0n) is 22.0. The fraction of sp³-hybridized carbons (Fsp3) is 0.652. The second kappa shape index (κ2) is 19.9. The Labute approximate surface area is 238 Å². The molecule has 0 bridgehead atoms. The number of hydrogen-bond acceptors (Lipinski definition) is 12.